The lowest BCUT2D eigenvalue weighted by atomic mass is 9.91. The van der Waals surface area contributed by atoms with E-state index < -0.39 is 11.6 Å². The maximum atomic E-state index is 13.6. The lowest BCUT2D eigenvalue weighted by Crippen LogP contribution is -2.33. The largest absolute Gasteiger partial charge is 0.493 e. The summed E-state index contributed by atoms with van der Waals surface area (Å²) in [6.45, 7) is 12.6. The summed E-state index contributed by atoms with van der Waals surface area (Å²) in [5, 5.41) is 38.3. The number of nitriles is 2. The number of nitrogens with zero attached hydrogens (tertiary/aromatic N) is 10. The second-order valence-electron chi connectivity index (χ2n) is 29.7. The van der Waals surface area contributed by atoms with Gasteiger partial charge in [-0.1, -0.05) is 27.6 Å². The van der Waals surface area contributed by atoms with Crippen LogP contribution in [0.5, 0.6) is 17.2 Å². The third kappa shape index (κ3) is 20.9. The van der Waals surface area contributed by atoms with E-state index >= 15 is 0 Å². The maximum absolute atomic E-state index is 13.6. The summed E-state index contributed by atoms with van der Waals surface area (Å²) in [6.07, 6.45) is 21.0. The van der Waals surface area contributed by atoms with Crippen LogP contribution in [0.25, 0.3) is 32.9 Å². The number of benzene rings is 5. The highest BCUT2D eigenvalue weighted by Crippen LogP contribution is 2.39. The summed E-state index contributed by atoms with van der Waals surface area (Å²) >= 11 is 0. The van der Waals surface area contributed by atoms with Crippen LogP contribution in [0, 0.1) is 69.8 Å². The minimum atomic E-state index is -0.448. The van der Waals surface area contributed by atoms with Gasteiger partial charge in [0.15, 0.2) is 16.7 Å². The van der Waals surface area contributed by atoms with Crippen LogP contribution in [0.15, 0.2) is 86.4 Å². The summed E-state index contributed by atoms with van der Waals surface area (Å²) in [4.78, 5) is 11.2. The molecule has 8 aromatic rings. The molecule has 0 amide bonds. The Hall–Kier alpha value is -6.91. The molecule has 6 heterocycles. The molecule has 1 N–H and O–H groups in total. The fraction of sp³-hybridized carbons (Fsp3) is 0.557. The lowest BCUT2D eigenvalue weighted by Gasteiger charge is -2.32. The van der Waals surface area contributed by atoms with E-state index in [2.05, 4.69) is 124 Å². The molecule has 3 aliphatic heterocycles. The van der Waals surface area contributed by atoms with Gasteiger partial charge in [0.1, 0.15) is 41.0 Å². The van der Waals surface area contributed by atoms with Crippen molar-refractivity contribution in [1.82, 2.24) is 45.3 Å². The van der Waals surface area contributed by atoms with E-state index in [9.17, 15) is 8.78 Å². The molecule has 6 fully saturated rings. The first-order valence-electron chi connectivity index (χ1n) is 36.3. The summed E-state index contributed by atoms with van der Waals surface area (Å²) in [6, 6.07) is 26.3. The third-order valence-electron chi connectivity index (χ3n) is 20.6. The highest BCUT2D eigenvalue weighted by atomic mass is 35.5. The first-order valence-corrected chi connectivity index (χ1v) is 36.3. The molecule has 17 nitrogen and oxygen atoms in total. The van der Waals surface area contributed by atoms with Crippen LogP contribution in [-0.2, 0) is 52.0 Å². The molecule has 14 rings (SSSR count). The van der Waals surface area contributed by atoms with E-state index in [0.717, 1.165) is 256 Å². The third-order valence-corrected chi connectivity index (χ3v) is 20.6. The zero-order valence-electron chi connectivity index (χ0n) is 59.5. The van der Waals surface area contributed by atoms with Gasteiger partial charge in [0.05, 0.1) is 64.7 Å². The molecule has 0 spiro atoms. The van der Waals surface area contributed by atoms with E-state index in [1.54, 1.807) is 24.3 Å². The number of nitrogens with one attached hydrogen (secondary N) is 1. The normalized spacial score (nSPS) is 17.2. The summed E-state index contributed by atoms with van der Waals surface area (Å²) in [5.41, 5.74) is 11.4. The van der Waals surface area contributed by atoms with E-state index in [-0.39, 0.29) is 35.9 Å². The molecule has 3 aromatic heterocycles. The number of rotatable bonds is 28. The van der Waals surface area contributed by atoms with Gasteiger partial charge in [-0.2, -0.15) is 10.5 Å². The Morgan fingerprint density at radius 1 is 0.450 bits per heavy atom. The van der Waals surface area contributed by atoms with Gasteiger partial charge < -0.3 is 47.8 Å². The Morgan fingerprint density at radius 2 is 0.770 bits per heavy atom. The van der Waals surface area contributed by atoms with Gasteiger partial charge in [0.25, 0.3) is 0 Å². The standard InChI is InChI=1S/2C29H35FN4O2.C21H31N3O2.2ClH/c2*1-33(2)18-25-28(35-19-21-3-4-21)10-7-24-27(32-36-29(24)25)9-6-20-11-13-34(14-12-20)17-22-5-8-26(30)23(15-22)16-31;1-24(2)13-18-20(25-14-16-3-4-16)8-6-17-19(23-26-21(17)18)7-5-15-9-11-22-12-10-15;;/h2*5,7-8,10,15,20-21H,3-4,6,9,11-14,17-19H2,1-2H3;6,8,15-16,22H,3-5,7,9-14H2,1-2H3;2*1H. The number of hydrogen-bond donors (Lipinski definition) is 1. The molecule has 538 valence electrons. The van der Waals surface area contributed by atoms with E-state index in [1.165, 1.54) is 69.9 Å². The number of ether oxygens (including phenoxy) is 3. The fourth-order valence-electron chi connectivity index (χ4n) is 14.2. The van der Waals surface area contributed by atoms with Crippen LogP contribution < -0.4 is 19.5 Å². The van der Waals surface area contributed by atoms with Crippen molar-refractivity contribution in [2.24, 2.45) is 35.5 Å². The number of fused-ring (bicyclic) bond motifs is 3. The number of aryl methyl sites for hydroxylation is 3. The maximum Gasteiger partial charge on any atom is 0.175 e. The van der Waals surface area contributed by atoms with Gasteiger partial charge in [0, 0.05) is 48.9 Å². The number of aromatic nitrogens is 3. The quantitative estimate of drug-likeness (QED) is 0.0488. The Morgan fingerprint density at radius 3 is 1.07 bits per heavy atom. The van der Waals surface area contributed by atoms with Gasteiger partial charge in [0.2, 0.25) is 0 Å². The molecule has 0 bridgehead atoms. The lowest BCUT2D eigenvalue weighted by molar-refractivity contribution is 0.172. The van der Waals surface area contributed by atoms with Crippen LogP contribution in [0.3, 0.4) is 0 Å². The summed E-state index contributed by atoms with van der Waals surface area (Å²) in [7, 11) is 12.4. The van der Waals surface area contributed by atoms with Gasteiger partial charge in [-0.15, -0.1) is 24.8 Å². The van der Waals surface area contributed by atoms with Crippen LogP contribution in [0.4, 0.5) is 8.78 Å². The molecule has 3 saturated carbocycles. The van der Waals surface area contributed by atoms with E-state index in [1.807, 2.05) is 12.1 Å². The number of hydrogen-bond acceptors (Lipinski definition) is 17. The monoisotopic (exact) mass is 1410 g/mol. The molecule has 0 atom stereocenters. The Kier molecular flexibility index (Phi) is 27.5. The topological polar surface area (TPSA) is 182 Å². The van der Waals surface area contributed by atoms with Crippen LogP contribution in [0.1, 0.15) is 152 Å². The number of halogens is 4. The summed E-state index contributed by atoms with van der Waals surface area (Å²) in [5.74, 6) is 6.16. The minimum Gasteiger partial charge on any atom is -0.493 e. The van der Waals surface area contributed by atoms with Gasteiger partial charge in [-0.05, 0) is 304 Å². The average Bonchev–Trinajstić information content (AvgIpc) is 1.64. The summed E-state index contributed by atoms with van der Waals surface area (Å²) < 4.78 is 63.2. The smallest absolute Gasteiger partial charge is 0.175 e. The molecule has 3 aliphatic carbocycles. The van der Waals surface area contributed by atoms with Gasteiger partial charge in [-0.25, -0.2) is 8.78 Å². The Bertz CT molecular complexity index is 3820. The number of likely N-dealkylation sites (tertiary alicyclic amines) is 2. The van der Waals surface area contributed by atoms with Crippen LogP contribution >= 0.6 is 24.8 Å². The van der Waals surface area contributed by atoms with E-state index in [0.29, 0.717) is 23.7 Å². The molecule has 100 heavy (non-hydrogen) atoms. The predicted octanol–water partition coefficient (Wildman–Crippen LogP) is 15.5. The van der Waals surface area contributed by atoms with Crippen molar-refractivity contribution in [3.05, 3.63) is 140 Å². The Balaban J connectivity index is 0.000000163. The predicted molar refractivity (Wildman–Crippen MR) is 392 cm³/mol. The van der Waals surface area contributed by atoms with Crippen molar-refractivity contribution in [2.45, 2.75) is 148 Å². The van der Waals surface area contributed by atoms with E-state index in [4.69, 9.17) is 38.3 Å². The van der Waals surface area contributed by atoms with Crippen molar-refractivity contribution in [2.75, 3.05) is 101 Å². The molecule has 0 radical (unpaired) electrons. The molecular formula is C79H103Cl2F2N11O6. The second-order valence-corrected chi connectivity index (χ2v) is 29.7. The molecule has 6 aliphatic rings. The minimum absolute atomic E-state index is 0. The highest BCUT2D eigenvalue weighted by molar-refractivity contribution is 5.87. The number of piperidine rings is 3. The molecule has 5 aromatic carbocycles. The zero-order valence-corrected chi connectivity index (χ0v) is 61.1. The zero-order chi connectivity index (χ0) is 68.1. The first-order chi connectivity index (χ1) is 47.7. The average molecular weight is 1410 g/mol. The van der Waals surface area contributed by atoms with Gasteiger partial charge >= 0.3 is 0 Å². The SMILES string of the molecule is CN(C)Cc1c(OCC2CC2)ccc2c(CCC3CCN(Cc4ccc(F)c(C#N)c4)CC3)noc12.CN(C)Cc1c(OCC2CC2)ccc2c(CCC3CCN(Cc4ccc(F)c(C#N)c4)CC3)noc12.CN(C)Cc1c(OCC2CC2)ccc2c(CCC3CCNCC3)noc12.Cl.Cl. The fourth-order valence-corrected chi connectivity index (χ4v) is 14.2. The van der Waals surface area contributed by atoms with Crippen LogP contribution in [0.2, 0.25) is 0 Å². The highest BCUT2D eigenvalue weighted by Gasteiger charge is 2.29. The van der Waals surface area contributed by atoms with Crippen molar-refractivity contribution in [3.63, 3.8) is 0 Å². The molecule has 3 saturated heterocycles. The van der Waals surface area contributed by atoms with Crippen molar-refractivity contribution in [3.8, 4) is 29.4 Å². The first kappa shape index (κ1) is 75.7. The van der Waals surface area contributed by atoms with Crippen molar-refractivity contribution < 1.29 is 36.6 Å². The second kappa shape index (κ2) is 36.3. The molecule has 0 unspecified atom stereocenters. The van der Waals surface area contributed by atoms with Gasteiger partial charge in [-0.3, -0.25) is 9.80 Å². The molecule has 21 heteroatoms. The molecular weight excluding hydrogens is 1310 g/mol. The van der Waals surface area contributed by atoms with Crippen molar-refractivity contribution >= 4 is 57.7 Å². The van der Waals surface area contributed by atoms with Crippen molar-refractivity contribution in [1.29, 1.82) is 10.5 Å². The van der Waals surface area contributed by atoms with Crippen LogP contribution in [-0.4, -0.2) is 141 Å². The Labute approximate surface area is 601 Å².